The number of carboxylic acids is 2. The van der Waals surface area contributed by atoms with Crippen molar-refractivity contribution < 1.29 is 24.5 Å². The second-order valence-electron chi connectivity index (χ2n) is 2.91. The van der Waals surface area contributed by atoms with Crippen molar-refractivity contribution >= 4 is 34.5 Å². The number of hydrogen-bond acceptors (Lipinski definition) is 3. The van der Waals surface area contributed by atoms with Crippen molar-refractivity contribution in [2.45, 2.75) is 23.1 Å². The number of ether oxygens (including phenoxy) is 1. The Morgan fingerprint density at radius 2 is 1.85 bits per heavy atom. The van der Waals surface area contributed by atoms with Gasteiger partial charge in [-0.3, -0.25) is 4.79 Å². The lowest BCUT2D eigenvalue weighted by atomic mass is 10.0. The highest BCUT2D eigenvalue weighted by Crippen LogP contribution is 2.33. The molecule has 0 aromatic heterocycles. The molecule has 0 spiro atoms. The Kier molecular flexibility index (Phi) is 3.12. The number of carbonyl (C=O) groups is 2. The van der Waals surface area contributed by atoms with E-state index in [4.69, 9.17) is 14.9 Å². The number of carboxylic acid groups (broad SMARTS) is 2. The van der Waals surface area contributed by atoms with Gasteiger partial charge in [0, 0.05) is 0 Å². The number of halogens is 1. The minimum absolute atomic E-state index is 0.511. The van der Waals surface area contributed by atoms with Crippen LogP contribution in [0.1, 0.15) is 6.92 Å². The first-order valence-corrected chi connectivity index (χ1v) is 4.95. The van der Waals surface area contributed by atoms with Crippen LogP contribution < -0.4 is 0 Å². The van der Waals surface area contributed by atoms with Crippen molar-refractivity contribution in [3.05, 3.63) is 0 Å². The van der Waals surface area contributed by atoms with Crippen LogP contribution in [0.5, 0.6) is 0 Å². The first-order chi connectivity index (χ1) is 5.95. The Morgan fingerprint density at radius 1 is 1.31 bits per heavy atom. The third kappa shape index (κ3) is 1.93. The third-order valence-electron chi connectivity index (χ3n) is 2.03. The van der Waals surface area contributed by atoms with Gasteiger partial charge in [-0.25, -0.2) is 4.79 Å². The van der Waals surface area contributed by atoms with Gasteiger partial charge in [0.2, 0.25) is 0 Å². The summed E-state index contributed by atoms with van der Waals surface area (Å²) < 4.78 is 4.51. The summed E-state index contributed by atoms with van der Waals surface area (Å²) in [6.07, 6.45) is -1.54. The summed E-state index contributed by atoms with van der Waals surface area (Å²) in [6, 6.07) is 0. The van der Waals surface area contributed by atoms with Gasteiger partial charge in [0.25, 0.3) is 0 Å². The van der Waals surface area contributed by atoms with Crippen LogP contribution >= 0.6 is 22.6 Å². The molecule has 5 nitrogen and oxygen atoms in total. The zero-order valence-electron chi connectivity index (χ0n) is 6.81. The first kappa shape index (κ1) is 10.7. The number of rotatable bonds is 2. The maximum absolute atomic E-state index is 10.7. The quantitative estimate of drug-likeness (QED) is 0.568. The molecule has 0 aromatic carbocycles. The van der Waals surface area contributed by atoms with Gasteiger partial charge in [0.15, 0.2) is 6.10 Å². The second-order valence-corrected chi connectivity index (χ2v) is 4.35. The van der Waals surface area contributed by atoms with E-state index in [1.807, 2.05) is 22.6 Å². The number of hydrogen-bond donors (Lipinski definition) is 2. The largest absolute Gasteiger partial charge is 0.481 e. The van der Waals surface area contributed by atoms with E-state index in [0.29, 0.717) is 0 Å². The Labute approximate surface area is 88.2 Å². The fourth-order valence-electron chi connectivity index (χ4n) is 1.37. The molecule has 74 valence electrons. The van der Waals surface area contributed by atoms with E-state index >= 15 is 0 Å². The van der Waals surface area contributed by atoms with Gasteiger partial charge in [-0.1, -0.05) is 22.6 Å². The van der Waals surface area contributed by atoms with Crippen molar-refractivity contribution in [3.8, 4) is 0 Å². The molecular weight excluding hydrogens is 291 g/mol. The van der Waals surface area contributed by atoms with Crippen LogP contribution in [-0.2, 0) is 14.3 Å². The van der Waals surface area contributed by atoms with Gasteiger partial charge >= 0.3 is 11.9 Å². The predicted molar refractivity (Wildman–Crippen MR) is 50.9 cm³/mol. The van der Waals surface area contributed by atoms with Crippen LogP contribution in [0.15, 0.2) is 0 Å². The van der Waals surface area contributed by atoms with E-state index in [1.165, 1.54) is 0 Å². The molecule has 0 aliphatic carbocycles. The van der Waals surface area contributed by atoms with E-state index in [0.717, 1.165) is 0 Å². The van der Waals surface area contributed by atoms with Crippen LogP contribution in [0.2, 0.25) is 0 Å². The van der Waals surface area contributed by atoms with E-state index in [1.54, 1.807) is 6.92 Å². The minimum atomic E-state index is -1.10. The lowest BCUT2D eigenvalue weighted by molar-refractivity contribution is -0.149. The molecule has 1 aliphatic heterocycles. The number of alkyl halides is 1. The summed E-state index contributed by atoms with van der Waals surface area (Å²) >= 11 is 1.82. The van der Waals surface area contributed by atoms with Gasteiger partial charge < -0.3 is 14.9 Å². The van der Waals surface area contributed by atoms with Crippen molar-refractivity contribution in [1.82, 2.24) is 0 Å². The van der Waals surface area contributed by atoms with Crippen LogP contribution in [0.3, 0.4) is 0 Å². The van der Waals surface area contributed by atoms with E-state index in [9.17, 15) is 9.59 Å². The highest BCUT2D eigenvalue weighted by molar-refractivity contribution is 14.1. The Balaban J connectivity index is 2.81. The topological polar surface area (TPSA) is 83.8 Å². The van der Waals surface area contributed by atoms with E-state index in [2.05, 4.69) is 0 Å². The van der Waals surface area contributed by atoms with Crippen molar-refractivity contribution in [1.29, 1.82) is 0 Å². The molecule has 1 aliphatic rings. The molecular formula is C7H9IO5. The molecule has 1 heterocycles. The second kappa shape index (κ2) is 3.79. The van der Waals surface area contributed by atoms with Crippen molar-refractivity contribution in [2.24, 2.45) is 5.92 Å². The molecule has 0 saturated carbocycles. The Hall–Kier alpha value is -0.370. The average molecular weight is 300 g/mol. The van der Waals surface area contributed by atoms with Gasteiger partial charge in [0.05, 0.1) is 15.9 Å². The van der Waals surface area contributed by atoms with Crippen LogP contribution in [-0.4, -0.2) is 38.3 Å². The van der Waals surface area contributed by atoms with Gasteiger partial charge in [-0.15, -0.1) is 0 Å². The summed E-state index contributed by atoms with van der Waals surface area (Å²) in [5.41, 5.74) is 0. The van der Waals surface area contributed by atoms with Crippen molar-refractivity contribution in [3.63, 3.8) is 0 Å². The third-order valence-corrected chi connectivity index (χ3v) is 3.46. The maximum Gasteiger partial charge on any atom is 0.333 e. The Bertz CT molecular complexity index is 241. The highest BCUT2D eigenvalue weighted by Gasteiger charge is 2.48. The molecule has 1 fully saturated rings. The summed E-state index contributed by atoms with van der Waals surface area (Å²) in [5, 5.41) is 17.5. The highest BCUT2D eigenvalue weighted by atomic mass is 127. The zero-order valence-corrected chi connectivity index (χ0v) is 8.96. The maximum atomic E-state index is 10.7. The Morgan fingerprint density at radius 3 is 2.08 bits per heavy atom. The summed E-state index contributed by atoms with van der Waals surface area (Å²) in [7, 11) is 0. The van der Waals surface area contributed by atoms with Gasteiger partial charge in [-0.05, 0) is 6.92 Å². The van der Waals surface area contributed by atoms with E-state index in [-0.39, 0.29) is 0 Å². The molecule has 0 amide bonds. The fraction of sp³-hybridized carbons (Fsp3) is 0.714. The lowest BCUT2D eigenvalue weighted by Gasteiger charge is -2.10. The average Bonchev–Trinajstić information content (AvgIpc) is 2.26. The van der Waals surface area contributed by atoms with Crippen LogP contribution in [0, 0.1) is 5.92 Å². The fourth-order valence-corrected chi connectivity index (χ4v) is 2.74. The summed E-state index contributed by atoms with van der Waals surface area (Å²) in [6.45, 7) is 1.58. The van der Waals surface area contributed by atoms with Crippen molar-refractivity contribution in [2.75, 3.05) is 0 Å². The summed E-state index contributed by atoms with van der Waals surface area (Å²) in [4.78, 5) is 21.3. The molecule has 13 heavy (non-hydrogen) atoms. The molecule has 0 bridgehead atoms. The molecule has 0 aromatic rings. The SMILES string of the molecule is CC1OC(C(=O)O)C(I)C1C(=O)O. The summed E-state index contributed by atoms with van der Waals surface area (Å²) in [5.74, 6) is -2.84. The minimum Gasteiger partial charge on any atom is -0.481 e. The molecule has 6 heteroatoms. The molecule has 0 radical (unpaired) electrons. The smallest absolute Gasteiger partial charge is 0.333 e. The van der Waals surface area contributed by atoms with E-state index < -0.39 is 34.0 Å². The van der Waals surface area contributed by atoms with Crippen LogP contribution in [0.4, 0.5) is 0 Å². The predicted octanol–water partition coefficient (Wildman–Crippen LogP) is 0.363. The zero-order chi connectivity index (χ0) is 10.2. The molecule has 4 unspecified atom stereocenters. The lowest BCUT2D eigenvalue weighted by Crippen LogP contribution is -2.32. The molecule has 1 rings (SSSR count). The first-order valence-electron chi connectivity index (χ1n) is 3.70. The molecule has 2 N–H and O–H groups in total. The number of aliphatic carboxylic acids is 2. The standard InChI is InChI=1S/C7H9IO5/c1-2-3(6(9)10)4(8)5(13-2)7(11)12/h2-5H,1H3,(H,9,10)(H,11,12). The van der Waals surface area contributed by atoms with Crippen LogP contribution in [0.25, 0.3) is 0 Å². The molecule has 1 saturated heterocycles. The monoisotopic (exact) mass is 300 g/mol. The van der Waals surface area contributed by atoms with Gasteiger partial charge in [-0.2, -0.15) is 0 Å². The van der Waals surface area contributed by atoms with Gasteiger partial charge in [0.1, 0.15) is 0 Å². The normalized spacial score (nSPS) is 38.9. The molecule has 4 atom stereocenters.